The van der Waals surface area contributed by atoms with Crippen molar-refractivity contribution in [2.45, 2.75) is 39.5 Å². The van der Waals surface area contributed by atoms with Gasteiger partial charge in [-0.1, -0.05) is 44.2 Å². The number of rotatable bonds is 7. The Bertz CT molecular complexity index is 563. The molecule has 1 heterocycles. The molecule has 2 rings (SSSR count). The van der Waals surface area contributed by atoms with E-state index in [9.17, 15) is 4.79 Å². The predicted molar refractivity (Wildman–Crippen MR) is 82.5 cm³/mol. The highest BCUT2D eigenvalue weighted by atomic mass is 16.1. The Morgan fingerprint density at radius 3 is 2.71 bits per heavy atom. The zero-order chi connectivity index (χ0) is 15.1. The van der Waals surface area contributed by atoms with Gasteiger partial charge in [-0.15, -0.1) is 0 Å². The smallest absolute Gasteiger partial charge is 0.240 e. The summed E-state index contributed by atoms with van der Waals surface area (Å²) in [6.07, 6.45) is 3.59. The van der Waals surface area contributed by atoms with Crippen molar-refractivity contribution >= 4 is 5.91 Å². The standard InChI is InChI=1S/C16H22N4O/c1-13(2)17-9-15-10-20(12-19-15)11-16(21)18-8-14-6-4-3-5-7-14/h3-7,10,12-13,17H,8-9,11H2,1-2H3,(H,18,21). The average molecular weight is 286 g/mol. The fraction of sp³-hybridized carbons (Fsp3) is 0.375. The second kappa shape index (κ2) is 7.59. The highest BCUT2D eigenvalue weighted by Gasteiger charge is 2.05. The minimum atomic E-state index is -0.0142. The van der Waals surface area contributed by atoms with Crippen LogP contribution in [0.3, 0.4) is 0 Å². The summed E-state index contributed by atoms with van der Waals surface area (Å²) in [5.74, 6) is -0.0142. The van der Waals surface area contributed by atoms with Crippen molar-refractivity contribution < 1.29 is 4.79 Å². The number of benzene rings is 1. The van der Waals surface area contributed by atoms with E-state index in [0.29, 0.717) is 19.1 Å². The molecule has 0 saturated carbocycles. The molecule has 0 unspecified atom stereocenters. The van der Waals surface area contributed by atoms with Crippen molar-refractivity contribution in [2.75, 3.05) is 0 Å². The molecule has 0 radical (unpaired) electrons. The summed E-state index contributed by atoms with van der Waals surface area (Å²) in [6, 6.07) is 10.3. The van der Waals surface area contributed by atoms with Gasteiger partial charge in [-0.3, -0.25) is 4.79 Å². The number of carbonyl (C=O) groups is 1. The molecule has 5 nitrogen and oxygen atoms in total. The molecule has 1 aromatic carbocycles. The molecule has 2 N–H and O–H groups in total. The number of aromatic nitrogens is 2. The van der Waals surface area contributed by atoms with E-state index in [2.05, 4.69) is 29.5 Å². The van der Waals surface area contributed by atoms with E-state index < -0.39 is 0 Å². The Kier molecular flexibility index (Phi) is 5.51. The lowest BCUT2D eigenvalue weighted by molar-refractivity contribution is -0.121. The van der Waals surface area contributed by atoms with Gasteiger partial charge in [-0.05, 0) is 5.56 Å². The summed E-state index contributed by atoms with van der Waals surface area (Å²) in [4.78, 5) is 16.2. The molecule has 21 heavy (non-hydrogen) atoms. The summed E-state index contributed by atoms with van der Waals surface area (Å²) in [7, 11) is 0. The van der Waals surface area contributed by atoms with Crippen LogP contribution in [0.1, 0.15) is 25.1 Å². The maximum absolute atomic E-state index is 11.9. The molecular formula is C16H22N4O. The third-order valence-corrected chi connectivity index (χ3v) is 3.04. The minimum absolute atomic E-state index is 0.0142. The highest BCUT2D eigenvalue weighted by Crippen LogP contribution is 1.99. The molecule has 5 heteroatoms. The number of amides is 1. The Morgan fingerprint density at radius 2 is 2.00 bits per heavy atom. The first-order chi connectivity index (χ1) is 10.1. The quantitative estimate of drug-likeness (QED) is 0.814. The molecule has 0 aliphatic carbocycles. The first-order valence-corrected chi connectivity index (χ1v) is 7.18. The average Bonchev–Trinajstić information content (AvgIpc) is 2.91. The topological polar surface area (TPSA) is 59.0 Å². The minimum Gasteiger partial charge on any atom is -0.350 e. The first-order valence-electron chi connectivity index (χ1n) is 7.18. The van der Waals surface area contributed by atoms with Gasteiger partial charge in [0.25, 0.3) is 0 Å². The Hall–Kier alpha value is -2.14. The van der Waals surface area contributed by atoms with Crippen LogP contribution < -0.4 is 10.6 Å². The number of nitrogens with one attached hydrogen (secondary N) is 2. The van der Waals surface area contributed by atoms with E-state index in [1.807, 2.05) is 36.5 Å². The maximum atomic E-state index is 11.9. The van der Waals surface area contributed by atoms with Crippen molar-refractivity contribution in [2.24, 2.45) is 0 Å². The van der Waals surface area contributed by atoms with Gasteiger partial charge < -0.3 is 15.2 Å². The summed E-state index contributed by atoms with van der Waals surface area (Å²) in [5.41, 5.74) is 2.04. The van der Waals surface area contributed by atoms with Crippen LogP contribution in [0.15, 0.2) is 42.9 Å². The van der Waals surface area contributed by atoms with Crippen molar-refractivity contribution in [1.29, 1.82) is 0 Å². The third kappa shape index (κ3) is 5.39. The number of imidazole rings is 1. The molecule has 0 aliphatic rings. The van der Waals surface area contributed by atoms with Gasteiger partial charge in [0.15, 0.2) is 0 Å². The predicted octanol–water partition coefficient (Wildman–Crippen LogP) is 1.70. The summed E-state index contributed by atoms with van der Waals surface area (Å²) >= 11 is 0. The Labute approximate surface area is 125 Å². The van der Waals surface area contributed by atoms with Crippen LogP contribution in [0.5, 0.6) is 0 Å². The first kappa shape index (κ1) is 15.3. The lowest BCUT2D eigenvalue weighted by Crippen LogP contribution is -2.26. The summed E-state index contributed by atoms with van der Waals surface area (Å²) < 4.78 is 1.80. The van der Waals surface area contributed by atoms with Gasteiger partial charge in [0, 0.05) is 25.3 Å². The van der Waals surface area contributed by atoms with E-state index in [-0.39, 0.29) is 5.91 Å². The van der Waals surface area contributed by atoms with Gasteiger partial charge >= 0.3 is 0 Å². The zero-order valence-electron chi connectivity index (χ0n) is 12.5. The number of nitrogens with zero attached hydrogens (tertiary/aromatic N) is 2. The Balaban J connectivity index is 1.77. The molecule has 0 fully saturated rings. The number of hydrogen-bond donors (Lipinski definition) is 2. The van der Waals surface area contributed by atoms with Crippen LogP contribution >= 0.6 is 0 Å². The maximum Gasteiger partial charge on any atom is 0.240 e. The van der Waals surface area contributed by atoms with Gasteiger partial charge in [0.1, 0.15) is 6.54 Å². The molecule has 0 atom stereocenters. The number of carbonyl (C=O) groups excluding carboxylic acids is 1. The van der Waals surface area contributed by atoms with E-state index in [1.54, 1.807) is 10.9 Å². The van der Waals surface area contributed by atoms with Gasteiger partial charge in [0.2, 0.25) is 5.91 Å². The second-order valence-electron chi connectivity index (χ2n) is 5.34. The lowest BCUT2D eigenvalue weighted by Gasteiger charge is -2.06. The highest BCUT2D eigenvalue weighted by molar-refractivity contribution is 5.75. The van der Waals surface area contributed by atoms with Crippen LogP contribution in [0.25, 0.3) is 0 Å². The molecule has 0 bridgehead atoms. The van der Waals surface area contributed by atoms with Crippen LogP contribution in [-0.2, 0) is 24.4 Å². The van der Waals surface area contributed by atoms with Gasteiger partial charge in [0.05, 0.1) is 12.0 Å². The van der Waals surface area contributed by atoms with E-state index in [1.165, 1.54) is 0 Å². The molecule has 2 aromatic rings. The number of hydrogen-bond acceptors (Lipinski definition) is 3. The van der Waals surface area contributed by atoms with E-state index in [0.717, 1.165) is 17.8 Å². The van der Waals surface area contributed by atoms with Gasteiger partial charge in [-0.2, -0.15) is 0 Å². The van der Waals surface area contributed by atoms with E-state index >= 15 is 0 Å². The molecule has 112 valence electrons. The van der Waals surface area contributed by atoms with Gasteiger partial charge in [-0.25, -0.2) is 4.98 Å². The van der Waals surface area contributed by atoms with Crippen LogP contribution in [0.2, 0.25) is 0 Å². The second-order valence-corrected chi connectivity index (χ2v) is 5.34. The molecule has 0 aliphatic heterocycles. The van der Waals surface area contributed by atoms with Crippen LogP contribution in [-0.4, -0.2) is 21.5 Å². The Morgan fingerprint density at radius 1 is 1.24 bits per heavy atom. The normalized spacial score (nSPS) is 10.8. The van der Waals surface area contributed by atoms with Crippen LogP contribution in [0, 0.1) is 0 Å². The van der Waals surface area contributed by atoms with Crippen molar-refractivity contribution in [3.63, 3.8) is 0 Å². The largest absolute Gasteiger partial charge is 0.350 e. The monoisotopic (exact) mass is 286 g/mol. The lowest BCUT2D eigenvalue weighted by atomic mass is 10.2. The van der Waals surface area contributed by atoms with Crippen LogP contribution in [0.4, 0.5) is 0 Å². The zero-order valence-corrected chi connectivity index (χ0v) is 12.5. The van der Waals surface area contributed by atoms with Crippen molar-refractivity contribution in [3.05, 3.63) is 54.1 Å². The molecule has 0 saturated heterocycles. The SMILES string of the molecule is CC(C)NCc1cn(CC(=O)NCc2ccccc2)cn1. The van der Waals surface area contributed by atoms with E-state index in [4.69, 9.17) is 0 Å². The molecule has 0 spiro atoms. The fourth-order valence-corrected chi connectivity index (χ4v) is 1.91. The van der Waals surface area contributed by atoms with Crippen molar-refractivity contribution in [1.82, 2.24) is 20.2 Å². The molecule has 1 amide bonds. The fourth-order valence-electron chi connectivity index (χ4n) is 1.91. The third-order valence-electron chi connectivity index (χ3n) is 3.04. The summed E-state index contributed by atoms with van der Waals surface area (Å²) in [6.45, 7) is 5.75. The van der Waals surface area contributed by atoms with Crippen molar-refractivity contribution in [3.8, 4) is 0 Å². The summed E-state index contributed by atoms with van der Waals surface area (Å²) in [5, 5.41) is 6.20. The molecule has 1 aromatic heterocycles. The molecular weight excluding hydrogens is 264 g/mol.